The normalized spacial score (nSPS) is 10.9. The molecule has 0 saturated heterocycles. The Morgan fingerprint density at radius 1 is 0.967 bits per heavy atom. The molecule has 0 atom stereocenters. The minimum Gasteiger partial charge on any atom is -0.322 e. The predicted molar refractivity (Wildman–Crippen MR) is 122 cm³/mol. The molecule has 30 heavy (non-hydrogen) atoms. The number of carbonyl (C=O) groups excluding carboxylic acids is 1. The van der Waals surface area contributed by atoms with Crippen LogP contribution in [0.4, 0.5) is 5.69 Å². The van der Waals surface area contributed by atoms with Crippen LogP contribution < -0.4 is 10.5 Å². The van der Waals surface area contributed by atoms with Crippen molar-refractivity contribution in [3.63, 3.8) is 0 Å². The molecule has 1 N–H and O–H groups in total. The summed E-state index contributed by atoms with van der Waals surface area (Å²) in [5.41, 5.74) is 4.25. The van der Waals surface area contributed by atoms with Crippen molar-refractivity contribution in [1.82, 2.24) is 4.98 Å². The van der Waals surface area contributed by atoms with Gasteiger partial charge in [0.25, 0.3) is 11.5 Å². The number of rotatable bonds is 4. The molecule has 0 fully saturated rings. The van der Waals surface area contributed by atoms with E-state index >= 15 is 0 Å². The summed E-state index contributed by atoms with van der Waals surface area (Å²) < 4.78 is 0. The molecule has 4 aromatic rings. The van der Waals surface area contributed by atoms with Crippen molar-refractivity contribution in [2.45, 2.75) is 20.4 Å². The van der Waals surface area contributed by atoms with Crippen LogP contribution in [0.1, 0.15) is 27.0 Å². The summed E-state index contributed by atoms with van der Waals surface area (Å²) in [7, 11) is 0. The molecule has 0 aliphatic rings. The molecule has 0 radical (unpaired) electrons. The highest BCUT2D eigenvalue weighted by molar-refractivity contribution is 6.34. The minimum atomic E-state index is -0.251. The maximum absolute atomic E-state index is 13.5. The fraction of sp³-hybridized carbons (Fsp3) is 0.120. The second-order valence-corrected chi connectivity index (χ2v) is 7.78. The number of aromatic nitrogens is 1. The number of nitrogens with zero attached hydrogens (tertiary/aromatic N) is 1. The number of hydrogen-bond acceptors (Lipinski definition) is 2. The molecule has 0 saturated carbocycles. The number of amides is 1. The monoisotopic (exact) mass is 416 g/mol. The van der Waals surface area contributed by atoms with Crippen molar-refractivity contribution in [3.8, 4) is 0 Å². The summed E-state index contributed by atoms with van der Waals surface area (Å²) in [4.78, 5) is 30.8. The lowest BCUT2D eigenvalue weighted by molar-refractivity contribution is 0.0985. The third-order valence-corrected chi connectivity index (χ3v) is 5.49. The zero-order chi connectivity index (χ0) is 21.3. The Kier molecular flexibility index (Phi) is 5.42. The number of H-pyrrole nitrogens is 1. The minimum absolute atomic E-state index is 0.133. The molecule has 0 spiro atoms. The molecule has 0 unspecified atom stereocenters. The van der Waals surface area contributed by atoms with Gasteiger partial charge in [0.05, 0.1) is 17.1 Å². The molecule has 0 aliphatic carbocycles. The van der Waals surface area contributed by atoms with Crippen LogP contribution in [0.2, 0.25) is 5.02 Å². The van der Waals surface area contributed by atoms with Gasteiger partial charge in [0.15, 0.2) is 0 Å². The molecule has 0 bridgehead atoms. The van der Waals surface area contributed by atoms with Crippen LogP contribution in [0.25, 0.3) is 10.9 Å². The molecule has 4 rings (SSSR count). The standard InChI is InChI=1S/C25H21ClN2O2/c1-16-11-12-22-18(13-16)14-19(24(29)27-22)15-28(23-10-6-3-7-17(23)2)25(30)20-8-4-5-9-21(20)26/h3-14H,15H2,1-2H3,(H,27,29). The highest BCUT2D eigenvalue weighted by Gasteiger charge is 2.22. The van der Waals surface area contributed by atoms with E-state index in [1.807, 2.05) is 62.4 Å². The van der Waals surface area contributed by atoms with E-state index in [0.29, 0.717) is 16.1 Å². The molecule has 150 valence electrons. The van der Waals surface area contributed by atoms with Crippen LogP contribution in [0, 0.1) is 13.8 Å². The average molecular weight is 417 g/mol. The molecule has 1 aromatic heterocycles. The van der Waals surface area contributed by atoms with Crippen molar-refractivity contribution in [3.05, 3.63) is 110 Å². The van der Waals surface area contributed by atoms with Crippen LogP contribution in [0.3, 0.4) is 0 Å². The van der Waals surface area contributed by atoms with Crippen LogP contribution in [-0.2, 0) is 6.54 Å². The number of pyridine rings is 1. The number of benzene rings is 3. The Morgan fingerprint density at radius 2 is 1.70 bits per heavy atom. The number of aromatic amines is 1. The Hall–Kier alpha value is -3.37. The van der Waals surface area contributed by atoms with Crippen molar-refractivity contribution >= 4 is 34.1 Å². The van der Waals surface area contributed by atoms with Gasteiger partial charge in [-0.2, -0.15) is 0 Å². The smallest absolute Gasteiger partial charge is 0.260 e. The van der Waals surface area contributed by atoms with Crippen LogP contribution in [-0.4, -0.2) is 10.9 Å². The molecular weight excluding hydrogens is 396 g/mol. The zero-order valence-corrected chi connectivity index (χ0v) is 17.5. The Morgan fingerprint density at radius 3 is 2.47 bits per heavy atom. The fourth-order valence-electron chi connectivity index (χ4n) is 3.57. The number of halogens is 1. The highest BCUT2D eigenvalue weighted by atomic mass is 35.5. The number of anilines is 1. The van der Waals surface area contributed by atoms with Gasteiger partial charge in [0, 0.05) is 16.8 Å². The summed E-state index contributed by atoms with van der Waals surface area (Å²) in [6.07, 6.45) is 0. The van der Waals surface area contributed by atoms with Crippen molar-refractivity contribution in [2.24, 2.45) is 0 Å². The van der Waals surface area contributed by atoms with Crippen LogP contribution >= 0.6 is 11.6 Å². The summed E-state index contributed by atoms with van der Waals surface area (Å²) in [5, 5.41) is 1.31. The van der Waals surface area contributed by atoms with E-state index in [1.54, 1.807) is 29.2 Å². The van der Waals surface area contributed by atoms with E-state index in [2.05, 4.69) is 4.98 Å². The van der Waals surface area contributed by atoms with E-state index in [1.165, 1.54) is 0 Å². The van der Waals surface area contributed by atoms with E-state index in [0.717, 1.165) is 27.7 Å². The topological polar surface area (TPSA) is 53.2 Å². The van der Waals surface area contributed by atoms with Gasteiger partial charge in [-0.15, -0.1) is 0 Å². The first-order valence-corrected chi connectivity index (χ1v) is 10.1. The lowest BCUT2D eigenvalue weighted by Crippen LogP contribution is -2.33. The summed E-state index contributed by atoms with van der Waals surface area (Å²) in [6.45, 7) is 4.08. The third-order valence-electron chi connectivity index (χ3n) is 5.16. The van der Waals surface area contributed by atoms with E-state index in [9.17, 15) is 9.59 Å². The quantitative estimate of drug-likeness (QED) is 0.467. The lowest BCUT2D eigenvalue weighted by atomic mass is 10.1. The van der Waals surface area contributed by atoms with E-state index < -0.39 is 0 Å². The number of nitrogens with one attached hydrogen (secondary N) is 1. The largest absolute Gasteiger partial charge is 0.322 e. The molecule has 1 amide bonds. The van der Waals surface area contributed by atoms with Crippen molar-refractivity contribution in [1.29, 1.82) is 0 Å². The summed E-state index contributed by atoms with van der Waals surface area (Å²) in [6, 6.07) is 22.3. The number of carbonyl (C=O) groups is 1. The zero-order valence-electron chi connectivity index (χ0n) is 16.8. The van der Waals surface area contributed by atoms with Gasteiger partial charge in [-0.05, 0) is 61.2 Å². The molecule has 0 aliphatic heterocycles. The van der Waals surface area contributed by atoms with Gasteiger partial charge in [-0.1, -0.05) is 53.6 Å². The first-order chi connectivity index (χ1) is 14.4. The van der Waals surface area contributed by atoms with E-state index in [-0.39, 0.29) is 18.0 Å². The Labute approximate surface area is 179 Å². The molecule has 3 aromatic carbocycles. The first kappa shape index (κ1) is 19.9. The molecule has 4 nitrogen and oxygen atoms in total. The maximum Gasteiger partial charge on any atom is 0.260 e. The Bertz CT molecular complexity index is 1310. The molecular formula is C25H21ClN2O2. The molecule has 1 heterocycles. The van der Waals surface area contributed by atoms with Crippen molar-refractivity contribution < 1.29 is 4.79 Å². The highest BCUT2D eigenvalue weighted by Crippen LogP contribution is 2.26. The van der Waals surface area contributed by atoms with E-state index in [4.69, 9.17) is 11.6 Å². The molecule has 5 heteroatoms. The maximum atomic E-state index is 13.5. The number of fused-ring (bicyclic) bond motifs is 1. The van der Waals surface area contributed by atoms with Gasteiger partial charge in [0.2, 0.25) is 0 Å². The lowest BCUT2D eigenvalue weighted by Gasteiger charge is -2.25. The second kappa shape index (κ2) is 8.17. The van der Waals surface area contributed by atoms with Crippen LogP contribution in [0.5, 0.6) is 0 Å². The number of hydrogen-bond donors (Lipinski definition) is 1. The van der Waals surface area contributed by atoms with Gasteiger partial charge < -0.3 is 9.88 Å². The van der Waals surface area contributed by atoms with Gasteiger partial charge in [-0.3, -0.25) is 9.59 Å². The predicted octanol–water partition coefficient (Wildman–Crippen LogP) is 5.65. The summed E-state index contributed by atoms with van der Waals surface area (Å²) in [5.74, 6) is -0.251. The van der Waals surface area contributed by atoms with Crippen molar-refractivity contribution in [2.75, 3.05) is 4.90 Å². The third kappa shape index (κ3) is 3.87. The van der Waals surface area contributed by atoms with Gasteiger partial charge in [0.1, 0.15) is 0 Å². The van der Waals surface area contributed by atoms with Gasteiger partial charge in [-0.25, -0.2) is 0 Å². The second-order valence-electron chi connectivity index (χ2n) is 7.37. The average Bonchev–Trinajstić information content (AvgIpc) is 2.73. The fourth-order valence-corrected chi connectivity index (χ4v) is 3.79. The summed E-state index contributed by atoms with van der Waals surface area (Å²) >= 11 is 6.30. The first-order valence-electron chi connectivity index (χ1n) is 9.68. The van der Waals surface area contributed by atoms with Crippen LogP contribution in [0.15, 0.2) is 77.6 Å². The van der Waals surface area contributed by atoms with Gasteiger partial charge >= 0.3 is 0 Å². The SMILES string of the molecule is Cc1ccc2[nH]c(=O)c(CN(C(=O)c3ccccc3Cl)c3ccccc3C)cc2c1. The Balaban J connectivity index is 1.83. The number of aryl methyl sites for hydroxylation is 2. The number of para-hydroxylation sites is 1.